The number of amides is 1. The summed E-state index contributed by atoms with van der Waals surface area (Å²) in [5.74, 6) is -0.0118. The maximum Gasteiger partial charge on any atom is 0.249 e. The molecular weight excluding hydrogens is 312 g/mol. The van der Waals surface area contributed by atoms with Gasteiger partial charge in [0, 0.05) is 13.1 Å². The Bertz CT molecular complexity index is 497. The van der Waals surface area contributed by atoms with Crippen molar-refractivity contribution in [3.8, 4) is 0 Å². The molecule has 130 valence electrons. The van der Waals surface area contributed by atoms with E-state index < -0.39 is 0 Å². The molecule has 4 nitrogen and oxygen atoms in total. The fourth-order valence-corrected chi connectivity index (χ4v) is 2.69. The second-order valence-corrected chi connectivity index (χ2v) is 7.05. The highest BCUT2D eigenvalue weighted by atomic mass is 35.5. The Morgan fingerprint density at radius 1 is 1.26 bits per heavy atom. The van der Waals surface area contributed by atoms with E-state index in [1.807, 2.05) is 0 Å². The standard InChI is InChI=1S/C18H28N2O2.ClH/c1-18(2,3)14-6-4-13(5-7-14)10-11-20-17(21)16-9-8-15(12-19)22-16;/h4-7,15-16H,8-12,19H2,1-3H3,(H,20,21);1H/t15-,16+;/m1./s1. The summed E-state index contributed by atoms with van der Waals surface area (Å²) in [6.07, 6.45) is 2.21. The van der Waals surface area contributed by atoms with E-state index in [2.05, 4.69) is 50.4 Å². The molecule has 1 amide bonds. The Hall–Kier alpha value is -1.10. The van der Waals surface area contributed by atoms with Crippen LogP contribution in [-0.4, -0.2) is 31.2 Å². The zero-order valence-electron chi connectivity index (χ0n) is 14.3. The number of benzene rings is 1. The molecule has 5 heteroatoms. The molecule has 1 aromatic carbocycles. The van der Waals surface area contributed by atoms with E-state index in [0.29, 0.717) is 13.1 Å². The Balaban J connectivity index is 0.00000264. The van der Waals surface area contributed by atoms with Gasteiger partial charge in [-0.05, 0) is 35.8 Å². The van der Waals surface area contributed by atoms with Gasteiger partial charge in [0.25, 0.3) is 0 Å². The highest BCUT2D eigenvalue weighted by Crippen LogP contribution is 2.22. The summed E-state index contributed by atoms with van der Waals surface area (Å²) in [6.45, 7) is 7.75. The van der Waals surface area contributed by atoms with E-state index in [4.69, 9.17) is 10.5 Å². The molecule has 3 N–H and O–H groups in total. The lowest BCUT2D eigenvalue weighted by atomic mass is 9.86. The monoisotopic (exact) mass is 340 g/mol. The van der Waals surface area contributed by atoms with Gasteiger partial charge >= 0.3 is 0 Å². The number of hydrogen-bond donors (Lipinski definition) is 2. The fraction of sp³-hybridized carbons (Fsp3) is 0.611. The van der Waals surface area contributed by atoms with Crippen LogP contribution < -0.4 is 11.1 Å². The summed E-state index contributed by atoms with van der Waals surface area (Å²) in [5.41, 5.74) is 8.29. The van der Waals surface area contributed by atoms with Crippen LogP contribution in [0.4, 0.5) is 0 Å². The van der Waals surface area contributed by atoms with Crippen molar-refractivity contribution in [2.45, 2.75) is 57.7 Å². The van der Waals surface area contributed by atoms with E-state index in [1.165, 1.54) is 11.1 Å². The van der Waals surface area contributed by atoms with E-state index in [1.54, 1.807) is 0 Å². The lowest BCUT2D eigenvalue weighted by Crippen LogP contribution is -2.36. The van der Waals surface area contributed by atoms with Gasteiger partial charge in [0.2, 0.25) is 5.91 Å². The van der Waals surface area contributed by atoms with Crippen molar-refractivity contribution >= 4 is 18.3 Å². The predicted octanol–water partition coefficient (Wildman–Crippen LogP) is 2.57. The van der Waals surface area contributed by atoms with Crippen molar-refractivity contribution in [1.82, 2.24) is 5.32 Å². The first-order chi connectivity index (χ1) is 10.4. The van der Waals surface area contributed by atoms with Crippen LogP contribution in [0.2, 0.25) is 0 Å². The van der Waals surface area contributed by atoms with Crippen LogP contribution in [0.25, 0.3) is 0 Å². The number of ether oxygens (including phenoxy) is 1. The largest absolute Gasteiger partial charge is 0.364 e. The summed E-state index contributed by atoms with van der Waals surface area (Å²) in [6, 6.07) is 8.62. The fourth-order valence-electron chi connectivity index (χ4n) is 2.69. The SMILES string of the molecule is CC(C)(C)c1ccc(CCNC(=O)[C@@H]2CC[C@H](CN)O2)cc1.Cl. The maximum absolute atomic E-state index is 12.0. The summed E-state index contributed by atoms with van der Waals surface area (Å²) >= 11 is 0. The smallest absolute Gasteiger partial charge is 0.249 e. The molecule has 1 fully saturated rings. The summed E-state index contributed by atoms with van der Waals surface area (Å²) < 4.78 is 5.59. The maximum atomic E-state index is 12.0. The average Bonchev–Trinajstić information content (AvgIpc) is 2.96. The molecule has 23 heavy (non-hydrogen) atoms. The van der Waals surface area contributed by atoms with Crippen molar-refractivity contribution in [2.24, 2.45) is 5.73 Å². The number of nitrogens with one attached hydrogen (secondary N) is 1. The van der Waals surface area contributed by atoms with Crippen LogP contribution >= 0.6 is 12.4 Å². The number of carbonyl (C=O) groups excluding carboxylic acids is 1. The highest BCUT2D eigenvalue weighted by Gasteiger charge is 2.29. The molecule has 0 unspecified atom stereocenters. The lowest BCUT2D eigenvalue weighted by molar-refractivity contribution is -0.131. The number of hydrogen-bond acceptors (Lipinski definition) is 3. The number of rotatable bonds is 5. The third-order valence-corrected chi connectivity index (χ3v) is 4.20. The quantitative estimate of drug-likeness (QED) is 0.865. The van der Waals surface area contributed by atoms with Gasteiger partial charge < -0.3 is 15.8 Å². The number of carbonyl (C=O) groups is 1. The minimum atomic E-state index is -0.322. The van der Waals surface area contributed by atoms with Crippen LogP contribution in [0, 0.1) is 0 Å². The highest BCUT2D eigenvalue weighted by molar-refractivity contribution is 5.85. The van der Waals surface area contributed by atoms with Gasteiger partial charge in [-0.25, -0.2) is 0 Å². The first-order valence-corrected chi connectivity index (χ1v) is 8.13. The molecular formula is C18H29ClN2O2. The number of halogens is 1. The zero-order chi connectivity index (χ0) is 16.2. The van der Waals surface area contributed by atoms with Crippen LogP contribution in [-0.2, 0) is 21.4 Å². The first kappa shape index (κ1) is 19.9. The van der Waals surface area contributed by atoms with Gasteiger partial charge in [0.05, 0.1) is 6.10 Å². The molecule has 0 saturated carbocycles. The van der Waals surface area contributed by atoms with Crippen molar-refractivity contribution in [3.05, 3.63) is 35.4 Å². The average molecular weight is 341 g/mol. The molecule has 2 rings (SSSR count). The molecule has 1 aromatic rings. The van der Waals surface area contributed by atoms with Crippen LogP contribution in [0.15, 0.2) is 24.3 Å². The van der Waals surface area contributed by atoms with E-state index in [9.17, 15) is 4.79 Å². The molecule has 1 heterocycles. The number of nitrogens with two attached hydrogens (primary N) is 1. The van der Waals surface area contributed by atoms with Gasteiger partial charge in [0.1, 0.15) is 6.10 Å². The third-order valence-electron chi connectivity index (χ3n) is 4.20. The molecule has 0 bridgehead atoms. The van der Waals surface area contributed by atoms with Crippen molar-refractivity contribution in [1.29, 1.82) is 0 Å². The summed E-state index contributed by atoms with van der Waals surface area (Å²) in [4.78, 5) is 12.0. The topological polar surface area (TPSA) is 64.4 Å². The van der Waals surface area contributed by atoms with Crippen LogP contribution in [0.3, 0.4) is 0 Å². The first-order valence-electron chi connectivity index (χ1n) is 8.13. The van der Waals surface area contributed by atoms with Gasteiger partial charge in [0.15, 0.2) is 0 Å². The van der Waals surface area contributed by atoms with Crippen molar-refractivity contribution in [2.75, 3.05) is 13.1 Å². The molecule has 1 aliphatic rings. The molecule has 0 aromatic heterocycles. The second-order valence-electron chi connectivity index (χ2n) is 7.05. The minimum Gasteiger partial charge on any atom is -0.364 e. The molecule has 1 aliphatic heterocycles. The summed E-state index contributed by atoms with van der Waals surface area (Å²) in [7, 11) is 0. The van der Waals surface area contributed by atoms with Crippen LogP contribution in [0.1, 0.15) is 44.7 Å². The van der Waals surface area contributed by atoms with E-state index >= 15 is 0 Å². The minimum absolute atomic E-state index is 0. The lowest BCUT2D eigenvalue weighted by Gasteiger charge is -2.19. The zero-order valence-corrected chi connectivity index (χ0v) is 15.1. The normalized spacial score (nSPS) is 20.9. The Morgan fingerprint density at radius 2 is 1.91 bits per heavy atom. The Kier molecular flexibility index (Phi) is 7.52. The molecule has 1 saturated heterocycles. The van der Waals surface area contributed by atoms with E-state index in [0.717, 1.165) is 19.3 Å². The molecule has 2 atom stereocenters. The molecule has 0 aliphatic carbocycles. The predicted molar refractivity (Wildman–Crippen MR) is 96.1 cm³/mol. The van der Waals surface area contributed by atoms with Gasteiger partial charge in [-0.1, -0.05) is 45.0 Å². The van der Waals surface area contributed by atoms with Crippen molar-refractivity contribution < 1.29 is 9.53 Å². The van der Waals surface area contributed by atoms with Crippen LogP contribution in [0.5, 0.6) is 0 Å². The van der Waals surface area contributed by atoms with Gasteiger partial charge in [-0.2, -0.15) is 0 Å². The Labute approximate surface area is 145 Å². The van der Waals surface area contributed by atoms with Crippen molar-refractivity contribution in [3.63, 3.8) is 0 Å². The Morgan fingerprint density at radius 3 is 2.43 bits per heavy atom. The van der Waals surface area contributed by atoms with Gasteiger partial charge in [-0.3, -0.25) is 4.79 Å². The molecule has 0 spiro atoms. The third kappa shape index (κ3) is 5.79. The molecule has 0 radical (unpaired) electrons. The van der Waals surface area contributed by atoms with E-state index in [-0.39, 0.29) is 35.9 Å². The second kappa shape index (κ2) is 8.67. The summed E-state index contributed by atoms with van der Waals surface area (Å²) in [5, 5.41) is 2.96. The van der Waals surface area contributed by atoms with Gasteiger partial charge in [-0.15, -0.1) is 12.4 Å².